The van der Waals surface area contributed by atoms with Crippen LogP contribution in [-0.2, 0) is 21.2 Å². The molecule has 10 heteroatoms. The van der Waals surface area contributed by atoms with Gasteiger partial charge in [0.15, 0.2) is 0 Å². The van der Waals surface area contributed by atoms with Crippen molar-refractivity contribution in [1.29, 1.82) is 0 Å². The zero-order valence-electron chi connectivity index (χ0n) is 19.0. The summed E-state index contributed by atoms with van der Waals surface area (Å²) in [5.74, 6) is -1.04. The molecule has 0 aliphatic rings. The number of aryl methyl sites for hydroxylation is 2. The van der Waals surface area contributed by atoms with Crippen molar-refractivity contribution in [2.75, 3.05) is 7.11 Å². The number of carbonyl (C=O) groups excluding carboxylic acids is 1. The van der Waals surface area contributed by atoms with E-state index in [0.29, 0.717) is 39.5 Å². The highest BCUT2D eigenvalue weighted by Crippen LogP contribution is 2.33. The van der Waals surface area contributed by atoms with Gasteiger partial charge in [-0.2, -0.15) is 8.42 Å². The third-order valence-electron chi connectivity index (χ3n) is 4.91. The Morgan fingerprint density at radius 3 is 2.39 bits per heavy atom. The number of hydrogen-bond donors (Lipinski definition) is 1. The Morgan fingerprint density at radius 1 is 1.12 bits per heavy atom. The smallest absolute Gasteiger partial charge is 0.299 e. The lowest BCUT2D eigenvalue weighted by molar-refractivity contribution is -0.118. The summed E-state index contributed by atoms with van der Waals surface area (Å²) in [6.45, 7) is 7.01. The van der Waals surface area contributed by atoms with Gasteiger partial charge in [-0.25, -0.2) is 24.1 Å². The predicted molar refractivity (Wildman–Crippen MR) is 121 cm³/mol. The molecule has 33 heavy (non-hydrogen) atoms. The van der Waals surface area contributed by atoms with Gasteiger partial charge in [0, 0.05) is 23.7 Å². The van der Waals surface area contributed by atoms with Crippen LogP contribution in [-0.4, -0.2) is 36.4 Å². The Morgan fingerprint density at radius 2 is 1.79 bits per heavy atom. The molecule has 0 atom stereocenters. The van der Waals surface area contributed by atoms with Crippen LogP contribution in [0.2, 0.25) is 0 Å². The Bertz CT molecular complexity index is 1290. The van der Waals surface area contributed by atoms with E-state index in [1.165, 1.54) is 25.4 Å². The van der Waals surface area contributed by atoms with Crippen LogP contribution < -0.4 is 9.46 Å². The number of benzene rings is 1. The summed E-state index contributed by atoms with van der Waals surface area (Å²) in [6, 6.07) is 7.59. The fraction of sp³-hybridized carbons (Fsp3) is 0.304. The Balaban J connectivity index is 2.02. The van der Waals surface area contributed by atoms with Crippen molar-refractivity contribution >= 4 is 15.9 Å². The number of nitrogens with one attached hydrogen (secondary N) is 1. The molecule has 2 heterocycles. The molecular weight excluding hydrogens is 447 g/mol. The van der Waals surface area contributed by atoms with E-state index in [1.54, 1.807) is 32.0 Å². The number of ether oxygens (including phenoxy) is 1. The monoisotopic (exact) mass is 472 g/mol. The van der Waals surface area contributed by atoms with Crippen molar-refractivity contribution in [3.8, 4) is 17.0 Å². The Kier molecular flexibility index (Phi) is 7.06. The molecule has 1 amide bonds. The second-order valence-electron chi connectivity index (χ2n) is 7.90. The number of hydrogen-bond acceptors (Lipinski definition) is 7. The van der Waals surface area contributed by atoms with Gasteiger partial charge in [0.05, 0.1) is 13.5 Å². The van der Waals surface area contributed by atoms with Crippen molar-refractivity contribution in [3.63, 3.8) is 0 Å². The van der Waals surface area contributed by atoms with Gasteiger partial charge in [0.25, 0.3) is 15.2 Å². The number of pyridine rings is 1. The van der Waals surface area contributed by atoms with E-state index in [9.17, 15) is 17.6 Å². The summed E-state index contributed by atoms with van der Waals surface area (Å²) in [7, 11) is -2.82. The molecule has 3 aromatic rings. The summed E-state index contributed by atoms with van der Waals surface area (Å²) in [5.41, 5.74) is 3.07. The van der Waals surface area contributed by atoms with Gasteiger partial charge in [-0.05, 0) is 66.3 Å². The normalized spacial score (nSPS) is 11.5. The molecule has 0 saturated carbocycles. The number of nitrogens with zero attached hydrogens (tertiary/aromatic N) is 3. The first-order valence-electron chi connectivity index (χ1n) is 10.2. The lowest BCUT2D eigenvalue weighted by atomic mass is 9.88. The van der Waals surface area contributed by atoms with Gasteiger partial charge < -0.3 is 4.74 Å². The second kappa shape index (κ2) is 9.62. The fourth-order valence-electron chi connectivity index (χ4n) is 3.52. The first-order chi connectivity index (χ1) is 15.5. The third-order valence-corrected chi connectivity index (χ3v) is 6.07. The molecule has 174 valence electrons. The van der Waals surface area contributed by atoms with Crippen LogP contribution in [0.15, 0.2) is 41.7 Å². The zero-order valence-corrected chi connectivity index (χ0v) is 19.8. The van der Waals surface area contributed by atoms with Crippen LogP contribution in [0.1, 0.15) is 42.3 Å². The topological polar surface area (TPSA) is 111 Å². The number of amides is 1. The van der Waals surface area contributed by atoms with E-state index in [2.05, 4.69) is 15.0 Å². The van der Waals surface area contributed by atoms with Crippen LogP contribution >= 0.6 is 0 Å². The minimum Gasteiger partial charge on any atom is -0.481 e. The molecule has 0 unspecified atom stereocenters. The summed E-state index contributed by atoms with van der Waals surface area (Å²) < 4.78 is 47.1. The molecule has 0 spiro atoms. The minimum absolute atomic E-state index is 0.120. The highest BCUT2D eigenvalue weighted by Gasteiger charge is 2.24. The van der Waals surface area contributed by atoms with Gasteiger partial charge in [-0.3, -0.25) is 4.79 Å². The SMILES string of the molecule is COc1cc(-c2cc(F)cc(C(C)C)c2CC(=O)NS(=O)(=O)c2nc(C)cc(C)n2)ccn1. The lowest BCUT2D eigenvalue weighted by Gasteiger charge is -2.18. The van der Waals surface area contributed by atoms with E-state index in [0.717, 1.165) is 0 Å². The van der Waals surface area contributed by atoms with Gasteiger partial charge in [-0.15, -0.1) is 0 Å². The van der Waals surface area contributed by atoms with Gasteiger partial charge in [0.1, 0.15) is 5.82 Å². The highest BCUT2D eigenvalue weighted by molar-refractivity contribution is 7.89. The average Bonchev–Trinajstić information content (AvgIpc) is 2.73. The molecule has 0 aliphatic heterocycles. The maximum absolute atomic E-state index is 14.5. The maximum Gasteiger partial charge on any atom is 0.299 e. The van der Waals surface area contributed by atoms with Crippen LogP contribution in [0.3, 0.4) is 0 Å². The van der Waals surface area contributed by atoms with Crippen LogP contribution in [0.5, 0.6) is 5.88 Å². The van der Waals surface area contributed by atoms with Crippen molar-refractivity contribution in [2.45, 2.75) is 45.2 Å². The molecule has 0 aliphatic carbocycles. The second-order valence-corrected chi connectivity index (χ2v) is 9.48. The molecule has 0 fully saturated rings. The standard InChI is InChI=1S/C23H25FN4O4S/c1-13(2)18-10-17(24)11-19(16-6-7-25-22(9-16)32-5)20(18)12-21(29)28-33(30,31)23-26-14(3)8-15(4)27-23/h6-11,13H,12H2,1-5H3,(H,28,29). The van der Waals surface area contributed by atoms with E-state index < -0.39 is 26.9 Å². The maximum atomic E-state index is 14.5. The molecule has 1 N–H and O–H groups in total. The quantitative estimate of drug-likeness (QED) is 0.524. The van der Waals surface area contributed by atoms with E-state index >= 15 is 0 Å². The lowest BCUT2D eigenvalue weighted by Crippen LogP contribution is -2.33. The number of methoxy groups -OCH3 is 1. The molecule has 1 aromatic carbocycles. The summed E-state index contributed by atoms with van der Waals surface area (Å²) in [6.07, 6.45) is 1.22. The molecule has 8 nitrogen and oxygen atoms in total. The van der Waals surface area contributed by atoms with Crippen molar-refractivity contribution in [2.24, 2.45) is 0 Å². The Labute approximate surface area is 192 Å². The van der Waals surface area contributed by atoms with Crippen LogP contribution in [0.25, 0.3) is 11.1 Å². The van der Waals surface area contributed by atoms with Crippen LogP contribution in [0, 0.1) is 19.7 Å². The average molecular weight is 473 g/mol. The number of carbonyl (C=O) groups is 1. The first-order valence-corrected chi connectivity index (χ1v) is 11.7. The zero-order chi connectivity index (χ0) is 24.3. The van der Waals surface area contributed by atoms with Gasteiger partial charge in [0.2, 0.25) is 11.8 Å². The summed E-state index contributed by atoms with van der Waals surface area (Å²) >= 11 is 0. The number of aromatic nitrogens is 3. The van der Waals surface area contributed by atoms with Crippen molar-refractivity contribution in [3.05, 3.63) is 64.9 Å². The molecular formula is C23H25FN4O4S. The number of rotatable bonds is 7. The largest absolute Gasteiger partial charge is 0.481 e. The van der Waals surface area contributed by atoms with Crippen molar-refractivity contribution in [1.82, 2.24) is 19.7 Å². The van der Waals surface area contributed by atoms with E-state index in [1.807, 2.05) is 18.6 Å². The molecule has 3 rings (SSSR count). The molecule has 0 radical (unpaired) electrons. The number of sulfonamides is 1. The van der Waals surface area contributed by atoms with E-state index in [4.69, 9.17) is 4.74 Å². The molecule has 2 aromatic heterocycles. The van der Waals surface area contributed by atoms with Gasteiger partial charge >= 0.3 is 0 Å². The van der Waals surface area contributed by atoms with Crippen molar-refractivity contribution < 1.29 is 22.3 Å². The Hall–Kier alpha value is -3.40. The predicted octanol–water partition coefficient (Wildman–Crippen LogP) is 3.47. The fourth-order valence-corrected chi connectivity index (χ4v) is 4.51. The summed E-state index contributed by atoms with van der Waals surface area (Å²) in [5, 5.41) is -0.476. The highest BCUT2D eigenvalue weighted by atomic mass is 32.2. The van der Waals surface area contributed by atoms with Gasteiger partial charge in [-0.1, -0.05) is 13.8 Å². The van der Waals surface area contributed by atoms with E-state index in [-0.39, 0.29) is 12.3 Å². The first kappa shape index (κ1) is 24.2. The molecule has 0 saturated heterocycles. The number of halogens is 1. The van der Waals surface area contributed by atoms with Crippen LogP contribution in [0.4, 0.5) is 4.39 Å². The third kappa shape index (κ3) is 5.70. The summed E-state index contributed by atoms with van der Waals surface area (Å²) in [4.78, 5) is 24.8. The minimum atomic E-state index is -4.28. The molecule has 0 bridgehead atoms.